The van der Waals surface area contributed by atoms with Gasteiger partial charge in [-0.1, -0.05) is 12.1 Å². The van der Waals surface area contributed by atoms with Crippen LogP contribution in [0.4, 0.5) is 0 Å². The lowest BCUT2D eigenvalue weighted by atomic mass is 10.2. The van der Waals surface area contributed by atoms with Crippen molar-refractivity contribution in [2.75, 3.05) is 0 Å². The van der Waals surface area contributed by atoms with Gasteiger partial charge >= 0.3 is 5.69 Å². The SMILES string of the molecule is CCn1c(=O)c2ccccc2n(C)c1=O. The molecule has 0 unspecified atom stereocenters. The van der Waals surface area contributed by atoms with Crippen molar-refractivity contribution in [2.24, 2.45) is 7.05 Å². The molecule has 2 aromatic rings. The third kappa shape index (κ3) is 1.29. The van der Waals surface area contributed by atoms with E-state index in [4.69, 9.17) is 0 Å². The molecule has 2 rings (SSSR count). The first kappa shape index (κ1) is 9.71. The van der Waals surface area contributed by atoms with Gasteiger partial charge in [-0.05, 0) is 19.1 Å². The van der Waals surface area contributed by atoms with E-state index in [1.807, 2.05) is 6.07 Å². The van der Waals surface area contributed by atoms with Crippen molar-refractivity contribution in [3.8, 4) is 0 Å². The summed E-state index contributed by atoms with van der Waals surface area (Å²) in [5.41, 5.74) is 0.203. The number of hydrogen-bond donors (Lipinski definition) is 0. The second-order valence-corrected chi connectivity index (χ2v) is 3.41. The van der Waals surface area contributed by atoms with Crippen LogP contribution >= 0.6 is 0 Å². The zero-order valence-electron chi connectivity index (χ0n) is 8.73. The Kier molecular flexibility index (Phi) is 2.19. The average molecular weight is 204 g/mol. The summed E-state index contributed by atoms with van der Waals surface area (Å²) in [6.45, 7) is 2.19. The van der Waals surface area contributed by atoms with Crippen molar-refractivity contribution in [1.29, 1.82) is 0 Å². The molecule has 0 aliphatic carbocycles. The molecular weight excluding hydrogens is 192 g/mol. The van der Waals surface area contributed by atoms with E-state index >= 15 is 0 Å². The van der Waals surface area contributed by atoms with Crippen molar-refractivity contribution >= 4 is 10.9 Å². The molecule has 0 fully saturated rings. The summed E-state index contributed by atoms with van der Waals surface area (Å²) in [7, 11) is 1.68. The summed E-state index contributed by atoms with van der Waals surface area (Å²) in [4.78, 5) is 23.6. The molecule has 0 N–H and O–H groups in total. The first-order chi connectivity index (χ1) is 7.16. The molecule has 0 radical (unpaired) electrons. The minimum atomic E-state index is -0.263. The Balaban J connectivity index is 3.10. The molecule has 0 amide bonds. The van der Waals surface area contributed by atoms with Crippen molar-refractivity contribution in [1.82, 2.24) is 9.13 Å². The van der Waals surface area contributed by atoms with Crippen molar-refractivity contribution in [3.63, 3.8) is 0 Å². The molecule has 0 atom stereocenters. The minimum Gasteiger partial charge on any atom is -0.296 e. The highest BCUT2D eigenvalue weighted by atomic mass is 16.2. The summed E-state index contributed by atoms with van der Waals surface area (Å²) in [6.07, 6.45) is 0. The van der Waals surface area contributed by atoms with E-state index in [0.29, 0.717) is 17.4 Å². The Morgan fingerprint density at radius 3 is 2.53 bits per heavy atom. The van der Waals surface area contributed by atoms with Gasteiger partial charge in [-0.25, -0.2) is 4.79 Å². The van der Waals surface area contributed by atoms with Gasteiger partial charge in [-0.15, -0.1) is 0 Å². The number of rotatable bonds is 1. The van der Waals surface area contributed by atoms with Gasteiger partial charge in [0.05, 0.1) is 10.9 Å². The second kappa shape index (κ2) is 3.38. The first-order valence-electron chi connectivity index (χ1n) is 4.85. The summed E-state index contributed by atoms with van der Waals surface area (Å²) in [5, 5.41) is 0.585. The molecular formula is C11H12N2O2. The largest absolute Gasteiger partial charge is 0.331 e. The topological polar surface area (TPSA) is 44.0 Å². The maximum Gasteiger partial charge on any atom is 0.331 e. The smallest absolute Gasteiger partial charge is 0.296 e. The van der Waals surface area contributed by atoms with Crippen molar-refractivity contribution in [3.05, 3.63) is 45.1 Å². The minimum absolute atomic E-state index is 0.212. The van der Waals surface area contributed by atoms with Gasteiger partial charge in [0.1, 0.15) is 0 Å². The fourth-order valence-corrected chi connectivity index (χ4v) is 1.74. The quantitative estimate of drug-likeness (QED) is 0.687. The summed E-state index contributed by atoms with van der Waals surface area (Å²) in [6, 6.07) is 7.13. The number of nitrogens with zero attached hydrogens (tertiary/aromatic N) is 2. The molecule has 1 aromatic carbocycles. The van der Waals surface area contributed by atoms with E-state index < -0.39 is 0 Å². The van der Waals surface area contributed by atoms with Crippen LogP contribution in [0.1, 0.15) is 6.92 Å². The Hall–Kier alpha value is -1.84. The average Bonchev–Trinajstić information content (AvgIpc) is 2.27. The van der Waals surface area contributed by atoms with Gasteiger partial charge in [-0.3, -0.25) is 13.9 Å². The molecule has 15 heavy (non-hydrogen) atoms. The van der Waals surface area contributed by atoms with Crippen LogP contribution in [0.25, 0.3) is 10.9 Å². The van der Waals surface area contributed by atoms with Crippen molar-refractivity contribution in [2.45, 2.75) is 13.5 Å². The van der Waals surface area contributed by atoms with Gasteiger partial charge in [0.15, 0.2) is 0 Å². The van der Waals surface area contributed by atoms with Crippen LogP contribution in [0.15, 0.2) is 33.9 Å². The fourth-order valence-electron chi connectivity index (χ4n) is 1.74. The predicted octanol–water partition coefficient (Wildman–Crippen LogP) is 0.720. The number of benzene rings is 1. The lowest BCUT2D eigenvalue weighted by Gasteiger charge is -2.08. The third-order valence-electron chi connectivity index (χ3n) is 2.58. The Labute approximate surface area is 86.4 Å². The zero-order chi connectivity index (χ0) is 11.0. The Bertz CT molecular complexity index is 623. The molecule has 0 aliphatic heterocycles. The number of fused-ring (bicyclic) bond motifs is 1. The number of aromatic nitrogens is 2. The summed E-state index contributed by atoms with van der Waals surface area (Å²) >= 11 is 0. The highest BCUT2D eigenvalue weighted by Gasteiger charge is 2.07. The van der Waals surface area contributed by atoms with Crippen LogP contribution in [0.3, 0.4) is 0 Å². The van der Waals surface area contributed by atoms with E-state index in [-0.39, 0.29) is 11.2 Å². The molecule has 1 heterocycles. The molecule has 0 saturated heterocycles. The van der Waals surface area contributed by atoms with Crippen LogP contribution < -0.4 is 11.2 Å². The van der Waals surface area contributed by atoms with Gasteiger partial charge in [0.25, 0.3) is 5.56 Å². The number of aryl methyl sites for hydroxylation is 1. The predicted molar refractivity (Wildman–Crippen MR) is 59.1 cm³/mol. The van der Waals surface area contributed by atoms with E-state index in [1.165, 1.54) is 9.13 Å². The summed E-state index contributed by atoms with van der Waals surface area (Å²) < 4.78 is 2.74. The molecule has 0 aliphatic rings. The molecule has 4 nitrogen and oxygen atoms in total. The van der Waals surface area contributed by atoms with E-state index in [2.05, 4.69) is 0 Å². The van der Waals surface area contributed by atoms with E-state index in [9.17, 15) is 9.59 Å². The van der Waals surface area contributed by atoms with Gasteiger partial charge < -0.3 is 0 Å². The third-order valence-corrected chi connectivity index (χ3v) is 2.58. The Morgan fingerprint density at radius 2 is 1.87 bits per heavy atom. The highest BCUT2D eigenvalue weighted by Crippen LogP contribution is 2.05. The second-order valence-electron chi connectivity index (χ2n) is 3.41. The molecule has 0 spiro atoms. The van der Waals surface area contributed by atoms with Crippen LogP contribution in [-0.2, 0) is 13.6 Å². The highest BCUT2D eigenvalue weighted by molar-refractivity contribution is 5.77. The zero-order valence-corrected chi connectivity index (χ0v) is 8.73. The van der Waals surface area contributed by atoms with Gasteiger partial charge in [0, 0.05) is 13.6 Å². The number of para-hydroxylation sites is 1. The van der Waals surface area contributed by atoms with Gasteiger partial charge in [0.2, 0.25) is 0 Å². The first-order valence-corrected chi connectivity index (χ1v) is 4.85. The van der Waals surface area contributed by atoms with Gasteiger partial charge in [-0.2, -0.15) is 0 Å². The molecule has 0 saturated carbocycles. The standard InChI is InChI=1S/C11H12N2O2/c1-3-13-10(14)8-6-4-5-7-9(8)12(2)11(13)15/h4-7H,3H2,1-2H3. The maximum absolute atomic E-state index is 11.9. The lowest BCUT2D eigenvalue weighted by molar-refractivity contribution is 0.640. The van der Waals surface area contributed by atoms with Crippen molar-refractivity contribution < 1.29 is 0 Å². The molecule has 78 valence electrons. The van der Waals surface area contributed by atoms with E-state index in [0.717, 1.165) is 0 Å². The maximum atomic E-state index is 11.9. The normalized spacial score (nSPS) is 10.8. The van der Waals surface area contributed by atoms with Crippen LogP contribution in [0, 0.1) is 0 Å². The lowest BCUT2D eigenvalue weighted by Crippen LogP contribution is -2.38. The molecule has 0 bridgehead atoms. The molecule has 4 heteroatoms. The summed E-state index contributed by atoms with van der Waals surface area (Å²) in [5.74, 6) is 0. The fraction of sp³-hybridized carbons (Fsp3) is 0.273. The van der Waals surface area contributed by atoms with Crippen LogP contribution in [-0.4, -0.2) is 9.13 Å². The van der Waals surface area contributed by atoms with Crippen LogP contribution in [0.5, 0.6) is 0 Å². The monoisotopic (exact) mass is 204 g/mol. The number of hydrogen-bond acceptors (Lipinski definition) is 2. The van der Waals surface area contributed by atoms with E-state index in [1.54, 1.807) is 32.2 Å². The molecule has 1 aromatic heterocycles. The Morgan fingerprint density at radius 1 is 1.20 bits per heavy atom. The van der Waals surface area contributed by atoms with Crippen LogP contribution in [0.2, 0.25) is 0 Å².